The lowest BCUT2D eigenvalue weighted by molar-refractivity contribution is -0.384. The van der Waals surface area contributed by atoms with Crippen molar-refractivity contribution < 1.29 is 14.4 Å². The number of nitro groups is 1. The molecule has 0 amide bonds. The Labute approximate surface area is 190 Å². The van der Waals surface area contributed by atoms with Gasteiger partial charge in [0.2, 0.25) is 6.23 Å². The van der Waals surface area contributed by atoms with Gasteiger partial charge < -0.3 is 9.47 Å². The number of halogens is 1. The number of methoxy groups -OCH3 is 1. The van der Waals surface area contributed by atoms with Crippen LogP contribution in [0, 0.1) is 17.0 Å². The van der Waals surface area contributed by atoms with Crippen molar-refractivity contribution in [2.75, 3.05) is 7.11 Å². The van der Waals surface area contributed by atoms with E-state index in [2.05, 4.69) is 24.3 Å². The molecule has 162 valence electrons. The highest BCUT2D eigenvalue weighted by atomic mass is 35.5. The van der Waals surface area contributed by atoms with Gasteiger partial charge in [0, 0.05) is 40.8 Å². The minimum atomic E-state index is -0.564. The molecular formula is C24H20ClN3O4. The molecule has 3 aromatic carbocycles. The smallest absolute Gasteiger partial charge is 0.269 e. The van der Waals surface area contributed by atoms with Gasteiger partial charge in [0.1, 0.15) is 0 Å². The Morgan fingerprint density at radius 2 is 1.88 bits per heavy atom. The van der Waals surface area contributed by atoms with Crippen LogP contribution in [0.2, 0.25) is 5.02 Å². The monoisotopic (exact) mass is 449 g/mol. The first kappa shape index (κ1) is 20.3. The van der Waals surface area contributed by atoms with Gasteiger partial charge in [-0.05, 0) is 30.7 Å². The van der Waals surface area contributed by atoms with Crippen LogP contribution in [0.3, 0.4) is 0 Å². The number of aryl methyl sites for hydroxylation is 1. The summed E-state index contributed by atoms with van der Waals surface area (Å²) >= 11 is 6.37. The summed E-state index contributed by atoms with van der Waals surface area (Å²) in [6.07, 6.45) is 0.109. The number of hydrogen-bond donors (Lipinski definition) is 0. The standard InChI is InChI=1S/C24H20ClN3O4/c1-14-3-5-15(6-4-14)20-13-21-19-11-17(25)12-22(31-2)23(19)32-24(27(21)26-20)16-7-9-18(10-8-16)28(29)30/h3-12,21,24H,13H2,1-2H3/t21-,24+/m1/s1. The zero-order valence-corrected chi connectivity index (χ0v) is 18.2. The fourth-order valence-corrected chi connectivity index (χ4v) is 4.39. The van der Waals surface area contributed by atoms with Crippen molar-refractivity contribution in [3.8, 4) is 11.5 Å². The summed E-state index contributed by atoms with van der Waals surface area (Å²) in [5.41, 5.74) is 4.85. The molecule has 2 atom stereocenters. The summed E-state index contributed by atoms with van der Waals surface area (Å²) in [6.45, 7) is 2.05. The molecule has 0 unspecified atom stereocenters. The fraction of sp³-hybridized carbons (Fsp3) is 0.208. The van der Waals surface area contributed by atoms with E-state index in [1.165, 1.54) is 17.7 Å². The molecule has 0 spiro atoms. The predicted octanol–water partition coefficient (Wildman–Crippen LogP) is 5.81. The van der Waals surface area contributed by atoms with E-state index in [1.807, 2.05) is 18.0 Å². The number of benzene rings is 3. The molecule has 0 fully saturated rings. The Morgan fingerprint density at radius 3 is 2.53 bits per heavy atom. The molecule has 7 nitrogen and oxygen atoms in total. The Balaban J connectivity index is 1.61. The van der Waals surface area contributed by atoms with Crippen molar-refractivity contribution in [3.63, 3.8) is 0 Å². The van der Waals surface area contributed by atoms with Gasteiger partial charge in [0.15, 0.2) is 11.5 Å². The maximum Gasteiger partial charge on any atom is 0.269 e. The van der Waals surface area contributed by atoms with Crippen LogP contribution in [0.1, 0.15) is 40.9 Å². The molecule has 8 heteroatoms. The molecule has 3 aromatic rings. The number of non-ortho nitro benzene ring substituents is 1. The number of rotatable bonds is 4. The van der Waals surface area contributed by atoms with Crippen LogP contribution in [-0.2, 0) is 0 Å². The Hall–Kier alpha value is -3.58. The largest absolute Gasteiger partial charge is 0.493 e. The summed E-state index contributed by atoms with van der Waals surface area (Å²) in [6, 6.07) is 18.1. The average molecular weight is 450 g/mol. The van der Waals surface area contributed by atoms with Crippen LogP contribution in [0.5, 0.6) is 11.5 Å². The quantitative estimate of drug-likeness (QED) is 0.371. The summed E-state index contributed by atoms with van der Waals surface area (Å²) in [5, 5.41) is 18.5. The normalized spacial score (nSPS) is 19.0. The highest BCUT2D eigenvalue weighted by Crippen LogP contribution is 2.51. The summed E-state index contributed by atoms with van der Waals surface area (Å²) < 4.78 is 11.9. The van der Waals surface area contributed by atoms with Gasteiger partial charge in [-0.15, -0.1) is 0 Å². The number of hydrazone groups is 1. The molecule has 2 heterocycles. The van der Waals surface area contributed by atoms with Gasteiger partial charge in [0.05, 0.1) is 23.8 Å². The molecule has 0 saturated heterocycles. The van der Waals surface area contributed by atoms with Crippen LogP contribution in [0.25, 0.3) is 0 Å². The van der Waals surface area contributed by atoms with Gasteiger partial charge >= 0.3 is 0 Å². The number of ether oxygens (including phenoxy) is 2. The van der Waals surface area contributed by atoms with Crippen LogP contribution in [0.4, 0.5) is 5.69 Å². The second-order valence-corrected chi connectivity index (χ2v) is 8.29. The minimum absolute atomic E-state index is 0.0242. The van der Waals surface area contributed by atoms with Gasteiger partial charge in [-0.25, -0.2) is 5.01 Å². The van der Waals surface area contributed by atoms with Crippen molar-refractivity contribution in [1.82, 2.24) is 5.01 Å². The maximum absolute atomic E-state index is 11.1. The first-order chi connectivity index (χ1) is 15.4. The van der Waals surface area contributed by atoms with Gasteiger partial charge in [0.25, 0.3) is 5.69 Å². The maximum atomic E-state index is 11.1. The molecule has 32 heavy (non-hydrogen) atoms. The van der Waals surface area contributed by atoms with Crippen molar-refractivity contribution >= 4 is 23.0 Å². The zero-order valence-electron chi connectivity index (χ0n) is 17.5. The number of hydrogen-bond acceptors (Lipinski definition) is 6. The lowest BCUT2D eigenvalue weighted by Gasteiger charge is -2.38. The lowest BCUT2D eigenvalue weighted by atomic mass is 9.95. The molecule has 0 aromatic heterocycles. The summed E-state index contributed by atoms with van der Waals surface area (Å²) in [4.78, 5) is 10.7. The molecule has 0 aliphatic carbocycles. The Morgan fingerprint density at radius 1 is 1.16 bits per heavy atom. The van der Waals surface area contributed by atoms with Crippen molar-refractivity contribution in [1.29, 1.82) is 0 Å². The van der Waals surface area contributed by atoms with E-state index in [4.69, 9.17) is 26.2 Å². The highest BCUT2D eigenvalue weighted by Gasteiger charge is 2.42. The van der Waals surface area contributed by atoms with Crippen LogP contribution >= 0.6 is 11.6 Å². The van der Waals surface area contributed by atoms with E-state index in [0.29, 0.717) is 22.9 Å². The van der Waals surface area contributed by atoms with E-state index in [-0.39, 0.29) is 11.7 Å². The molecule has 5 rings (SSSR count). The molecular weight excluding hydrogens is 430 g/mol. The summed E-state index contributed by atoms with van der Waals surface area (Å²) in [7, 11) is 1.57. The van der Waals surface area contributed by atoms with E-state index < -0.39 is 11.2 Å². The fourth-order valence-electron chi connectivity index (χ4n) is 4.18. The van der Waals surface area contributed by atoms with Gasteiger partial charge in [-0.1, -0.05) is 41.4 Å². The predicted molar refractivity (Wildman–Crippen MR) is 121 cm³/mol. The number of nitrogens with zero attached hydrogens (tertiary/aromatic N) is 3. The topological polar surface area (TPSA) is 77.2 Å². The van der Waals surface area contributed by atoms with E-state index in [1.54, 1.807) is 25.3 Å². The second kappa shape index (κ2) is 7.84. The number of nitro benzene ring substituents is 1. The van der Waals surface area contributed by atoms with Crippen molar-refractivity contribution in [3.05, 3.63) is 98.1 Å². The zero-order chi connectivity index (χ0) is 22.4. The molecule has 2 aliphatic rings. The third-order valence-corrected chi connectivity index (χ3v) is 6.03. The number of fused-ring (bicyclic) bond motifs is 3. The van der Waals surface area contributed by atoms with E-state index in [9.17, 15) is 10.1 Å². The van der Waals surface area contributed by atoms with Crippen LogP contribution in [-0.4, -0.2) is 22.8 Å². The van der Waals surface area contributed by atoms with Crippen molar-refractivity contribution in [2.24, 2.45) is 5.10 Å². The molecule has 0 bridgehead atoms. The molecule has 0 N–H and O–H groups in total. The minimum Gasteiger partial charge on any atom is -0.493 e. The third-order valence-electron chi connectivity index (χ3n) is 5.81. The van der Waals surface area contributed by atoms with Crippen molar-refractivity contribution in [2.45, 2.75) is 25.6 Å². The second-order valence-electron chi connectivity index (χ2n) is 7.86. The SMILES string of the molecule is COc1cc(Cl)cc2c1O[C@@H](c1ccc([N+](=O)[O-])cc1)N1N=C(c3ccc(C)cc3)C[C@H]21. The van der Waals surface area contributed by atoms with Gasteiger partial charge in [-0.3, -0.25) is 10.1 Å². The third kappa shape index (κ3) is 3.44. The van der Waals surface area contributed by atoms with Gasteiger partial charge in [-0.2, -0.15) is 5.10 Å². The molecule has 0 radical (unpaired) electrons. The average Bonchev–Trinajstić information content (AvgIpc) is 3.24. The Bertz CT molecular complexity index is 1230. The Kier molecular flexibility index (Phi) is 4.98. The molecule has 2 aliphatic heterocycles. The van der Waals surface area contributed by atoms with Crippen LogP contribution < -0.4 is 9.47 Å². The highest BCUT2D eigenvalue weighted by molar-refractivity contribution is 6.30. The summed E-state index contributed by atoms with van der Waals surface area (Å²) in [5.74, 6) is 1.16. The first-order valence-electron chi connectivity index (χ1n) is 10.2. The van der Waals surface area contributed by atoms with Crippen LogP contribution in [0.15, 0.2) is 65.8 Å². The lowest BCUT2D eigenvalue weighted by Crippen LogP contribution is -2.33. The molecule has 0 saturated carbocycles. The van der Waals surface area contributed by atoms with E-state index in [0.717, 1.165) is 22.4 Å². The first-order valence-corrected chi connectivity index (χ1v) is 10.5. The van der Waals surface area contributed by atoms with E-state index >= 15 is 0 Å².